The fourth-order valence-electron chi connectivity index (χ4n) is 20.3. The minimum Gasteiger partial charge on any atom is -0.352 e. The van der Waals surface area contributed by atoms with E-state index in [0.29, 0.717) is 11.8 Å². The van der Waals surface area contributed by atoms with Crippen LogP contribution in [0.4, 0.5) is 22.7 Å². The molecule has 2 aliphatic carbocycles. The van der Waals surface area contributed by atoms with E-state index in [4.69, 9.17) is 9.98 Å². The van der Waals surface area contributed by atoms with Crippen LogP contribution in [-0.2, 0) is 32.7 Å². The third-order valence-corrected chi connectivity index (χ3v) is 23.6. The SMILES string of the molecule is CC1(C)C([C@H]2[C@@H](c3ccccc3)[C@@H]3c4ccccc4[C@]34N(c3ccccc3C4(C)C)[C@@H]2c2ccccc2)=Nc2ccccc21.CC1(C)C([C@H]2[C@@H](c3ccccc3)[C@@H]3c4ccccc4[C@]34N(c3ccccc3C4(C)C)[C@@H]2c2ccccc2)=Nc2ccccc21. The number of hydrogen-bond acceptors (Lipinski definition) is 4. The van der Waals surface area contributed by atoms with Crippen molar-refractivity contribution in [3.63, 3.8) is 0 Å². The summed E-state index contributed by atoms with van der Waals surface area (Å²) in [6.45, 7) is 19.6. The maximum Gasteiger partial charge on any atom is 0.0829 e. The lowest BCUT2D eigenvalue weighted by Crippen LogP contribution is -2.70. The molecule has 10 atom stereocenters. The van der Waals surface area contributed by atoms with Gasteiger partial charge in [-0.1, -0.05) is 298 Å². The number of anilines is 2. The first-order valence-corrected chi connectivity index (χ1v) is 32.3. The predicted octanol–water partition coefficient (Wildman–Crippen LogP) is 20.0. The van der Waals surface area contributed by atoms with Gasteiger partial charge in [0.1, 0.15) is 0 Å². The zero-order valence-electron chi connectivity index (χ0n) is 51.8. The number of nitrogens with zero attached hydrogens (tertiary/aromatic N) is 4. The molecule has 0 amide bonds. The molecule has 6 heterocycles. The van der Waals surface area contributed by atoms with Crippen molar-refractivity contribution in [2.24, 2.45) is 21.8 Å². The van der Waals surface area contributed by atoms with E-state index < -0.39 is 0 Å². The summed E-state index contributed by atoms with van der Waals surface area (Å²) < 4.78 is 0. The molecule has 4 heteroatoms. The van der Waals surface area contributed by atoms with Crippen LogP contribution in [0.3, 0.4) is 0 Å². The highest BCUT2D eigenvalue weighted by molar-refractivity contribution is 6.06. The summed E-state index contributed by atoms with van der Waals surface area (Å²) in [7, 11) is 0. The number of para-hydroxylation sites is 4. The zero-order chi connectivity index (χ0) is 59.7. The first-order valence-electron chi connectivity index (χ1n) is 32.3. The molecular weight excluding hydrogens is 1060 g/mol. The van der Waals surface area contributed by atoms with E-state index in [0.717, 1.165) is 11.4 Å². The molecule has 2 saturated heterocycles. The third-order valence-electron chi connectivity index (χ3n) is 23.6. The molecule has 18 rings (SSSR count). The summed E-state index contributed by atoms with van der Waals surface area (Å²) in [6, 6.07) is 100. The van der Waals surface area contributed by atoms with Crippen LogP contribution in [0.2, 0.25) is 0 Å². The Morgan fingerprint density at radius 3 is 0.909 bits per heavy atom. The van der Waals surface area contributed by atoms with Gasteiger partial charge in [0.2, 0.25) is 0 Å². The molecule has 0 N–H and O–H groups in total. The molecule has 0 bridgehead atoms. The van der Waals surface area contributed by atoms with E-state index in [1.165, 1.54) is 89.6 Å². The van der Waals surface area contributed by atoms with Crippen molar-refractivity contribution in [3.05, 3.63) is 334 Å². The van der Waals surface area contributed by atoms with Gasteiger partial charge in [-0.25, -0.2) is 0 Å². The van der Waals surface area contributed by atoms with Gasteiger partial charge in [0, 0.05) is 80.0 Å². The highest BCUT2D eigenvalue weighted by Crippen LogP contribution is 2.80. The van der Waals surface area contributed by atoms with Crippen molar-refractivity contribution in [2.75, 3.05) is 9.80 Å². The molecule has 6 aliphatic heterocycles. The smallest absolute Gasteiger partial charge is 0.0829 e. The lowest BCUT2D eigenvalue weighted by molar-refractivity contribution is 0.0818. The van der Waals surface area contributed by atoms with Gasteiger partial charge in [-0.2, -0.15) is 0 Å². The largest absolute Gasteiger partial charge is 0.352 e. The second-order valence-corrected chi connectivity index (χ2v) is 28.6. The van der Waals surface area contributed by atoms with E-state index in [2.05, 4.69) is 332 Å². The van der Waals surface area contributed by atoms with Crippen LogP contribution in [0, 0.1) is 11.8 Å². The van der Waals surface area contributed by atoms with Crippen molar-refractivity contribution < 1.29 is 0 Å². The van der Waals surface area contributed by atoms with Crippen molar-refractivity contribution >= 4 is 34.2 Å². The topological polar surface area (TPSA) is 31.2 Å². The second kappa shape index (κ2) is 18.8. The van der Waals surface area contributed by atoms with Gasteiger partial charge >= 0.3 is 0 Å². The highest BCUT2D eigenvalue weighted by atomic mass is 15.3. The van der Waals surface area contributed by atoms with Crippen LogP contribution in [-0.4, -0.2) is 11.4 Å². The van der Waals surface area contributed by atoms with E-state index >= 15 is 0 Å². The molecule has 432 valence electrons. The van der Waals surface area contributed by atoms with Crippen molar-refractivity contribution in [1.29, 1.82) is 0 Å². The minimum atomic E-state index is -0.195. The molecule has 0 aromatic heterocycles. The molecule has 2 spiro atoms. The third kappa shape index (κ3) is 6.66. The first-order chi connectivity index (χ1) is 42.8. The van der Waals surface area contributed by atoms with E-state index in [1.54, 1.807) is 0 Å². The predicted molar refractivity (Wildman–Crippen MR) is 362 cm³/mol. The molecule has 8 aliphatic rings. The van der Waals surface area contributed by atoms with Crippen molar-refractivity contribution in [1.82, 2.24) is 0 Å². The Morgan fingerprint density at radius 2 is 0.557 bits per heavy atom. The minimum absolute atomic E-state index is 0.0984. The van der Waals surface area contributed by atoms with Gasteiger partial charge in [0.15, 0.2) is 0 Å². The molecule has 10 aromatic carbocycles. The average Bonchev–Trinajstić information content (AvgIpc) is 1.36. The maximum atomic E-state index is 5.61. The van der Waals surface area contributed by atoms with E-state index in [-0.39, 0.29) is 68.5 Å². The molecule has 0 saturated carbocycles. The summed E-state index contributed by atoms with van der Waals surface area (Å²) in [4.78, 5) is 17.0. The average molecular weight is 1140 g/mol. The van der Waals surface area contributed by atoms with Crippen LogP contribution in [0.5, 0.6) is 0 Å². The number of piperidine rings is 2. The Hall–Kier alpha value is -8.86. The summed E-state index contributed by atoms with van der Waals surface area (Å²) >= 11 is 0. The van der Waals surface area contributed by atoms with Crippen LogP contribution in [0.1, 0.15) is 158 Å². The molecule has 0 radical (unpaired) electrons. The van der Waals surface area contributed by atoms with Crippen LogP contribution < -0.4 is 9.80 Å². The molecular formula is C84H76N4. The maximum absolute atomic E-state index is 5.61. The fraction of sp³-hybridized carbons (Fsp3) is 0.262. The van der Waals surface area contributed by atoms with Crippen LogP contribution >= 0.6 is 0 Å². The van der Waals surface area contributed by atoms with E-state index in [1.807, 2.05) is 0 Å². The molecule has 0 unspecified atom stereocenters. The Kier molecular flexibility index (Phi) is 11.4. The number of benzene rings is 10. The first kappa shape index (κ1) is 53.4. The van der Waals surface area contributed by atoms with Crippen molar-refractivity contribution in [2.45, 2.75) is 124 Å². The van der Waals surface area contributed by atoms with Crippen molar-refractivity contribution in [3.8, 4) is 0 Å². The summed E-state index contributed by atoms with van der Waals surface area (Å²) in [5.41, 5.74) is 23.7. The Bertz CT molecular complexity index is 4190. The molecule has 2 fully saturated rings. The van der Waals surface area contributed by atoms with Gasteiger partial charge in [-0.3, -0.25) is 9.98 Å². The normalized spacial score (nSPS) is 28.1. The number of hydrogen-bond donors (Lipinski definition) is 0. The molecule has 4 nitrogen and oxygen atoms in total. The molecule has 10 aromatic rings. The zero-order valence-corrected chi connectivity index (χ0v) is 51.8. The van der Waals surface area contributed by atoms with Gasteiger partial charge in [-0.15, -0.1) is 0 Å². The van der Waals surface area contributed by atoms with Gasteiger partial charge in [-0.05, 0) is 91.0 Å². The highest BCUT2D eigenvalue weighted by Gasteiger charge is 2.77. The second-order valence-electron chi connectivity index (χ2n) is 28.6. The van der Waals surface area contributed by atoms with Gasteiger partial charge in [0.25, 0.3) is 0 Å². The van der Waals surface area contributed by atoms with E-state index in [9.17, 15) is 0 Å². The molecule has 88 heavy (non-hydrogen) atoms. The standard InChI is InChI=1S/2C42H38N2/c2*1-40(2)31-23-13-15-25-33(31)43-39(40)36-35(27-17-7-5-8-18-27)37-29-21-11-12-22-30(29)42(37)41(3,4)32-24-14-16-26-34(32)44(42)38(36)28-19-9-6-10-20-28/h2*5-26,35-38H,1-4H3/t2*35-,36+,37+,38-,42+/m11/s1. The quantitative estimate of drug-likeness (QED) is 0.166. The van der Waals surface area contributed by atoms with Gasteiger partial charge < -0.3 is 9.80 Å². The van der Waals surface area contributed by atoms with Crippen LogP contribution in [0.15, 0.2) is 277 Å². The van der Waals surface area contributed by atoms with Gasteiger partial charge in [0.05, 0.1) is 34.5 Å². The monoisotopic (exact) mass is 1140 g/mol. The number of rotatable bonds is 6. The Labute approximate surface area is 520 Å². The summed E-state index contributed by atoms with van der Waals surface area (Å²) in [5.74, 6) is 1.39. The lowest BCUT2D eigenvalue weighted by Gasteiger charge is -2.69. The Balaban J connectivity index is 0.000000137. The Morgan fingerprint density at radius 1 is 0.273 bits per heavy atom. The number of fused-ring (bicyclic) bond motifs is 10. The van der Waals surface area contributed by atoms with Crippen LogP contribution in [0.25, 0.3) is 0 Å². The number of aliphatic imine (C=N–C) groups is 2. The summed E-state index contributed by atoms with van der Waals surface area (Å²) in [5, 5.41) is 0. The lowest BCUT2D eigenvalue weighted by atomic mass is 9.42. The fourth-order valence-corrected chi connectivity index (χ4v) is 20.3. The summed E-state index contributed by atoms with van der Waals surface area (Å²) in [6.07, 6.45) is 0.